The van der Waals surface area contributed by atoms with Crippen molar-refractivity contribution in [1.29, 1.82) is 0 Å². The van der Waals surface area contributed by atoms with Gasteiger partial charge in [-0.15, -0.1) is 0 Å². The molecule has 3 N–H and O–H groups in total. The molecule has 0 aromatic carbocycles. The number of nitrogens with two attached hydrogens (primary N) is 1. The van der Waals surface area contributed by atoms with Crippen molar-refractivity contribution < 1.29 is 9.59 Å². The molecule has 0 spiro atoms. The standard InChI is InChI=1S/C12H19N5O2/c1-3-17-11(10(13)8(2)15-17)12(19)16-6-4-9(18)14-5-7-16/h3-7,13H2,1-2H3,(H,14,18). The number of rotatable bonds is 2. The molecule has 0 bridgehead atoms. The number of aryl methyl sites for hydroxylation is 2. The summed E-state index contributed by atoms with van der Waals surface area (Å²) in [5.41, 5.74) is 7.45. The zero-order valence-corrected chi connectivity index (χ0v) is 11.3. The first-order chi connectivity index (χ1) is 9.04. The number of carbonyl (C=O) groups is 2. The molecule has 19 heavy (non-hydrogen) atoms. The molecule has 0 unspecified atom stereocenters. The lowest BCUT2D eigenvalue weighted by Gasteiger charge is -2.20. The van der Waals surface area contributed by atoms with Crippen LogP contribution in [0, 0.1) is 6.92 Å². The van der Waals surface area contributed by atoms with Gasteiger partial charge >= 0.3 is 0 Å². The number of hydrogen-bond donors (Lipinski definition) is 2. The van der Waals surface area contributed by atoms with Crippen molar-refractivity contribution in [3.63, 3.8) is 0 Å². The van der Waals surface area contributed by atoms with Gasteiger partial charge < -0.3 is 16.0 Å². The molecule has 1 aliphatic heterocycles. The van der Waals surface area contributed by atoms with Crippen molar-refractivity contribution in [1.82, 2.24) is 20.0 Å². The van der Waals surface area contributed by atoms with E-state index in [0.717, 1.165) is 0 Å². The maximum Gasteiger partial charge on any atom is 0.274 e. The molecule has 1 aromatic rings. The maximum atomic E-state index is 12.5. The van der Waals surface area contributed by atoms with E-state index in [1.807, 2.05) is 6.92 Å². The highest BCUT2D eigenvalue weighted by Gasteiger charge is 2.25. The van der Waals surface area contributed by atoms with Crippen LogP contribution in [0.25, 0.3) is 0 Å². The molecule has 0 saturated carbocycles. The molecule has 1 aromatic heterocycles. The molecule has 1 fully saturated rings. The van der Waals surface area contributed by atoms with Gasteiger partial charge in [-0.3, -0.25) is 14.3 Å². The highest BCUT2D eigenvalue weighted by atomic mass is 16.2. The van der Waals surface area contributed by atoms with E-state index in [9.17, 15) is 9.59 Å². The summed E-state index contributed by atoms with van der Waals surface area (Å²) in [5.74, 6) is -0.181. The van der Waals surface area contributed by atoms with Crippen LogP contribution in [-0.4, -0.2) is 46.1 Å². The van der Waals surface area contributed by atoms with E-state index < -0.39 is 0 Å². The highest BCUT2D eigenvalue weighted by Crippen LogP contribution is 2.18. The quantitative estimate of drug-likeness (QED) is 0.771. The Morgan fingerprint density at radius 3 is 2.89 bits per heavy atom. The van der Waals surface area contributed by atoms with E-state index in [2.05, 4.69) is 10.4 Å². The largest absolute Gasteiger partial charge is 0.395 e. The van der Waals surface area contributed by atoms with Gasteiger partial charge in [-0.1, -0.05) is 0 Å². The lowest BCUT2D eigenvalue weighted by Crippen LogP contribution is -2.36. The summed E-state index contributed by atoms with van der Waals surface area (Å²) in [6, 6.07) is 0. The van der Waals surface area contributed by atoms with Crippen molar-refractivity contribution in [2.45, 2.75) is 26.8 Å². The van der Waals surface area contributed by atoms with Crippen LogP contribution in [0.3, 0.4) is 0 Å². The van der Waals surface area contributed by atoms with Gasteiger partial charge in [0.2, 0.25) is 5.91 Å². The summed E-state index contributed by atoms with van der Waals surface area (Å²) < 4.78 is 1.62. The molecule has 7 heteroatoms. The van der Waals surface area contributed by atoms with Crippen LogP contribution in [0.4, 0.5) is 5.69 Å². The molecule has 2 amide bonds. The Morgan fingerprint density at radius 2 is 2.21 bits per heavy atom. The van der Waals surface area contributed by atoms with Crippen molar-refractivity contribution in [2.24, 2.45) is 0 Å². The normalized spacial score (nSPS) is 16.1. The van der Waals surface area contributed by atoms with Gasteiger partial charge in [-0.25, -0.2) is 0 Å². The molecule has 1 saturated heterocycles. The lowest BCUT2D eigenvalue weighted by atomic mass is 10.2. The summed E-state index contributed by atoms with van der Waals surface area (Å²) in [4.78, 5) is 25.5. The second-order valence-electron chi connectivity index (χ2n) is 4.56. The van der Waals surface area contributed by atoms with Crippen LogP contribution < -0.4 is 11.1 Å². The Hall–Kier alpha value is -2.05. The number of nitrogen functional groups attached to an aromatic ring is 1. The molecule has 2 heterocycles. The second-order valence-corrected chi connectivity index (χ2v) is 4.56. The molecule has 0 radical (unpaired) electrons. The Morgan fingerprint density at radius 1 is 1.47 bits per heavy atom. The average Bonchev–Trinajstić information content (AvgIpc) is 2.55. The van der Waals surface area contributed by atoms with E-state index in [0.29, 0.717) is 49.7 Å². The number of amides is 2. The number of anilines is 1. The number of nitrogens with one attached hydrogen (secondary N) is 1. The van der Waals surface area contributed by atoms with Gasteiger partial charge in [0.05, 0.1) is 11.4 Å². The van der Waals surface area contributed by atoms with Gasteiger partial charge in [-0.2, -0.15) is 5.10 Å². The maximum absolute atomic E-state index is 12.5. The Labute approximate surface area is 111 Å². The van der Waals surface area contributed by atoms with E-state index in [1.54, 1.807) is 16.5 Å². The van der Waals surface area contributed by atoms with Gasteiger partial charge in [0.1, 0.15) is 5.69 Å². The predicted octanol–water partition coefficient (Wildman–Crippen LogP) is -0.244. The SMILES string of the molecule is CCn1nc(C)c(N)c1C(=O)N1CCNC(=O)CC1. The van der Waals surface area contributed by atoms with Crippen LogP contribution in [0.5, 0.6) is 0 Å². The first kappa shape index (κ1) is 13.4. The number of aromatic nitrogens is 2. The monoisotopic (exact) mass is 265 g/mol. The van der Waals surface area contributed by atoms with E-state index in [1.165, 1.54) is 0 Å². The molecular weight excluding hydrogens is 246 g/mol. The smallest absolute Gasteiger partial charge is 0.274 e. The van der Waals surface area contributed by atoms with Crippen LogP contribution in [0.2, 0.25) is 0 Å². The molecule has 2 rings (SSSR count). The second kappa shape index (κ2) is 5.29. The molecular formula is C12H19N5O2. The molecule has 0 aliphatic carbocycles. The number of hydrogen-bond acceptors (Lipinski definition) is 4. The third-order valence-electron chi connectivity index (χ3n) is 3.28. The highest BCUT2D eigenvalue weighted by molar-refractivity contribution is 5.98. The molecule has 1 aliphatic rings. The first-order valence-corrected chi connectivity index (χ1v) is 6.43. The molecule has 7 nitrogen and oxygen atoms in total. The minimum absolute atomic E-state index is 0.0246. The van der Waals surface area contributed by atoms with Crippen molar-refractivity contribution >= 4 is 17.5 Å². The Bertz CT molecular complexity index is 508. The van der Waals surface area contributed by atoms with Crippen molar-refractivity contribution in [2.75, 3.05) is 25.4 Å². The summed E-state index contributed by atoms with van der Waals surface area (Å²) in [6.07, 6.45) is 0.324. The van der Waals surface area contributed by atoms with Crippen LogP contribution in [0.1, 0.15) is 29.5 Å². The Balaban J connectivity index is 2.26. The predicted molar refractivity (Wildman–Crippen MR) is 70.6 cm³/mol. The van der Waals surface area contributed by atoms with Crippen LogP contribution in [-0.2, 0) is 11.3 Å². The summed E-state index contributed by atoms with van der Waals surface area (Å²) in [7, 11) is 0. The number of nitrogens with zero attached hydrogens (tertiary/aromatic N) is 3. The minimum Gasteiger partial charge on any atom is -0.395 e. The zero-order chi connectivity index (χ0) is 14.0. The fraction of sp³-hybridized carbons (Fsp3) is 0.583. The molecule has 104 valence electrons. The van der Waals surface area contributed by atoms with E-state index in [4.69, 9.17) is 5.73 Å². The average molecular weight is 265 g/mol. The topological polar surface area (TPSA) is 93.2 Å². The Kier molecular flexibility index (Phi) is 3.73. The van der Waals surface area contributed by atoms with E-state index in [-0.39, 0.29) is 11.8 Å². The van der Waals surface area contributed by atoms with Gasteiger partial charge in [0.25, 0.3) is 5.91 Å². The van der Waals surface area contributed by atoms with E-state index >= 15 is 0 Å². The fourth-order valence-corrected chi connectivity index (χ4v) is 2.17. The number of carbonyl (C=O) groups excluding carboxylic acids is 2. The molecule has 0 atom stereocenters. The third kappa shape index (κ3) is 2.54. The summed E-state index contributed by atoms with van der Waals surface area (Å²) in [5, 5.41) is 6.99. The van der Waals surface area contributed by atoms with Gasteiger partial charge in [0, 0.05) is 32.6 Å². The third-order valence-corrected chi connectivity index (χ3v) is 3.28. The van der Waals surface area contributed by atoms with Gasteiger partial charge in [-0.05, 0) is 13.8 Å². The van der Waals surface area contributed by atoms with Crippen LogP contribution in [0.15, 0.2) is 0 Å². The van der Waals surface area contributed by atoms with Crippen molar-refractivity contribution in [3.8, 4) is 0 Å². The summed E-state index contributed by atoms with van der Waals surface area (Å²) >= 11 is 0. The minimum atomic E-state index is -0.156. The van der Waals surface area contributed by atoms with Gasteiger partial charge in [0.15, 0.2) is 0 Å². The lowest BCUT2D eigenvalue weighted by molar-refractivity contribution is -0.120. The van der Waals surface area contributed by atoms with Crippen molar-refractivity contribution in [3.05, 3.63) is 11.4 Å². The zero-order valence-electron chi connectivity index (χ0n) is 11.3. The van der Waals surface area contributed by atoms with Crippen LogP contribution >= 0.6 is 0 Å². The fourth-order valence-electron chi connectivity index (χ4n) is 2.17. The first-order valence-electron chi connectivity index (χ1n) is 6.43. The summed E-state index contributed by atoms with van der Waals surface area (Å²) in [6.45, 7) is 5.67.